The second-order valence-corrected chi connectivity index (χ2v) is 5.32. The van der Waals surface area contributed by atoms with Gasteiger partial charge >= 0.3 is 0 Å². The number of hydrogen-bond donors (Lipinski definition) is 1. The molecular weight excluding hydrogens is 230 g/mol. The van der Waals surface area contributed by atoms with E-state index in [1.807, 2.05) is 26.0 Å². The molecule has 0 saturated heterocycles. The summed E-state index contributed by atoms with van der Waals surface area (Å²) in [4.78, 5) is 6.65. The molecule has 1 aromatic heterocycles. The van der Waals surface area contributed by atoms with Crippen LogP contribution in [0.4, 0.5) is 11.4 Å². The molecule has 3 nitrogen and oxygen atoms in total. The van der Waals surface area contributed by atoms with Crippen LogP contribution in [0.25, 0.3) is 0 Å². The van der Waals surface area contributed by atoms with Gasteiger partial charge in [0.25, 0.3) is 0 Å². The van der Waals surface area contributed by atoms with Gasteiger partial charge in [0.2, 0.25) is 0 Å². The van der Waals surface area contributed by atoms with Crippen molar-refractivity contribution in [2.45, 2.75) is 20.4 Å². The standard InChI is InChI=1S/C13H17N3S/c1-9-6-12(4-5-13(9)14)16(3)7-11-8-17-10(2)15-11/h4-6,8H,7,14H2,1-3H3. The quantitative estimate of drug-likeness (QED) is 0.848. The maximum atomic E-state index is 5.82. The molecule has 2 aromatic rings. The molecule has 0 fully saturated rings. The highest BCUT2D eigenvalue weighted by atomic mass is 32.1. The predicted molar refractivity (Wildman–Crippen MR) is 74.5 cm³/mol. The first-order valence-electron chi connectivity index (χ1n) is 5.54. The third kappa shape index (κ3) is 2.77. The highest BCUT2D eigenvalue weighted by Gasteiger charge is 2.05. The van der Waals surface area contributed by atoms with E-state index in [1.54, 1.807) is 11.3 Å². The molecule has 17 heavy (non-hydrogen) atoms. The van der Waals surface area contributed by atoms with Crippen LogP contribution in [0.3, 0.4) is 0 Å². The molecule has 0 radical (unpaired) electrons. The van der Waals surface area contributed by atoms with Crippen LogP contribution in [0.2, 0.25) is 0 Å². The van der Waals surface area contributed by atoms with Crippen molar-refractivity contribution < 1.29 is 0 Å². The van der Waals surface area contributed by atoms with Gasteiger partial charge in [-0.2, -0.15) is 0 Å². The number of rotatable bonds is 3. The summed E-state index contributed by atoms with van der Waals surface area (Å²) in [6, 6.07) is 6.10. The van der Waals surface area contributed by atoms with Gasteiger partial charge in [-0.3, -0.25) is 0 Å². The van der Waals surface area contributed by atoms with E-state index < -0.39 is 0 Å². The minimum absolute atomic E-state index is 0.827. The van der Waals surface area contributed by atoms with Crippen molar-refractivity contribution in [1.82, 2.24) is 4.98 Å². The molecule has 0 bridgehead atoms. The van der Waals surface area contributed by atoms with Crippen LogP contribution in [0.5, 0.6) is 0 Å². The molecule has 4 heteroatoms. The number of benzene rings is 1. The Labute approximate surface area is 106 Å². The number of aryl methyl sites for hydroxylation is 2. The van der Waals surface area contributed by atoms with Crippen LogP contribution in [0.1, 0.15) is 16.3 Å². The first kappa shape index (κ1) is 11.9. The Balaban J connectivity index is 2.14. The van der Waals surface area contributed by atoms with Crippen molar-refractivity contribution in [2.75, 3.05) is 17.7 Å². The highest BCUT2D eigenvalue weighted by molar-refractivity contribution is 7.09. The number of aromatic nitrogens is 1. The molecule has 90 valence electrons. The fourth-order valence-corrected chi connectivity index (χ4v) is 2.32. The molecule has 0 unspecified atom stereocenters. The summed E-state index contributed by atoms with van der Waals surface area (Å²) in [6.07, 6.45) is 0. The minimum Gasteiger partial charge on any atom is -0.399 e. The van der Waals surface area contributed by atoms with Crippen molar-refractivity contribution in [3.63, 3.8) is 0 Å². The van der Waals surface area contributed by atoms with Crippen LogP contribution in [0, 0.1) is 13.8 Å². The van der Waals surface area contributed by atoms with E-state index >= 15 is 0 Å². The Hall–Kier alpha value is -1.55. The average molecular weight is 247 g/mol. The van der Waals surface area contributed by atoms with Crippen molar-refractivity contribution in [3.8, 4) is 0 Å². The first-order valence-corrected chi connectivity index (χ1v) is 6.42. The summed E-state index contributed by atoms with van der Waals surface area (Å²) in [5.74, 6) is 0. The van der Waals surface area contributed by atoms with Crippen LogP contribution < -0.4 is 10.6 Å². The lowest BCUT2D eigenvalue weighted by Crippen LogP contribution is -2.16. The van der Waals surface area contributed by atoms with Gasteiger partial charge < -0.3 is 10.6 Å². The van der Waals surface area contributed by atoms with Crippen molar-refractivity contribution >= 4 is 22.7 Å². The first-order chi connectivity index (χ1) is 8.06. The van der Waals surface area contributed by atoms with E-state index in [9.17, 15) is 0 Å². The number of hydrogen-bond acceptors (Lipinski definition) is 4. The highest BCUT2D eigenvalue weighted by Crippen LogP contribution is 2.21. The second kappa shape index (κ2) is 4.75. The fraction of sp³-hybridized carbons (Fsp3) is 0.308. The molecular formula is C13H17N3S. The van der Waals surface area contributed by atoms with Gasteiger partial charge in [-0.25, -0.2) is 4.98 Å². The van der Waals surface area contributed by atoms with Gasteiger partial charge in [0.1, 0.15) is 0 Å². The summed E-state index contributed by atoms with van der Waals surface area (Å²) in [7, 11) is 2.07. The Bertz CT molecular complexity index is 519. The van der Waals surface area contributed by atoms with Gasteiger partial charge in [-0.05, 0) is 37.6 Å². The lowest BCUT2D eigenvalue weighted by Gasteiger charge is -2.19. The minimum atomic E-state index is 0.827. The van der Waals surface area contributed by atoms with E-state index in [0.717, 1.165) is 28.5 Å². The van der Waals surface area contributed by atoms with Gasteiger partial charge in [0, 0.05) is 23.8 Å². The second-order valence-electron chi connectivity index (χ2n) is 4.25. The zero-order valence-corrected chi connectivity index (χ0v) is 11.2. The van der Waals surface area contributed by atoms with Crippen LogP contribution in [-0.2, 0) is 6.54 Å². The third-order valence-electron chi connectivity index (χ3n) is 2.76. The maximum absolute atomic E-state index is 5.82. The van der Waals surface area contributed by atoms with E-state index in [1.165, 1.54) is 5.69 Å². The summed E-state index contributed by atoms with van der Waals surface area (Å²) in [5.41, 5.74) is 10.1. The lowest BCUT2D eigenvalue weighted by atomic mass is 10.1. The van der Waals surface area contributed by atoms with Crippen molar-refractivity contribution in [2.24, 2.45) is 0 Å². The summed E-state index contributed by atoms with van der Waals surface area (Å²) in [5, 5.41) is 3.22. The number of thiazole rings is 1. The van der Waals surface area contributed by atoms with Gasteiger partial charge in [0.05, 0.1) is 17.2 Å². The normalized spacial score (nSPS) is 10.5. The molecule has 2 N–H and O–H groups in total. The van der Waals surface area contributed by atoms with Gasteiger partial charge in [0.15, 0.2) is 0 Å². The monoisotopic (exact) mass is 247 g/mol. The zero-order chi connectivity index (χ0) is 12.4. The molecule has 2 rings (SSSR count). The largest absolute Gasteiger partial charge is 0.399 e. The predicted octanol–water partition coefficient (Wildman–Crippen LogP) is 2.98. The molecule has 0 atom stereocenters. The molecule has 1 aromatic carbocycles. The lowest BCUT2D eigenvalue weighted by molar-refractivity contribution is 0.889. The summed E-state index contributed by atoms with van der Waals surface area (Å²) in [6.45, 7) is 4.88. The molecule has 0 amide bonds. The molecule has 0 spiro atoms. The van der Waals surface area contributed by atoms with Crippen molar-refractivity contribution in [3.05, 3.63) is 39.8 Å². The van der Waals surface area contributed by atoms with Crippen LogP contribution >= 0.6 is 11.3 Å². The van der Waals surface area contributed by atoms with E-state index in [4.69, 9.17) is 5.73 Å². The number of anilines is 2. The van der Waals surface area contributed by atoms with Gasteiger partial charge in [-0.15, -0.1) is 11.3 Å². The fourth-order valence-electron chi connectivity index (χ4n) is 1.71. The van der Waals surface area contributed by atoms with Gasteiger partial charge in [-0.1, -0.05) is 0 Å². The topological polar surface area (TPSA) is 42.2 Å². The molecule has 0 aliphatic carbocycles. The Kier molecular flexibility index (Phi) is 3.33. The summed E-state index contributed by atoms with van der Waals surface area (Å²) >= 11 is 1.69. The SMILES string of the molecule is Cc1nc(CN(C)c2ccc(N)c(C)c2)cs1. The average Bonchev–Trinajstić information content (AvgIpc) is 2.68. The smallest absolute Gasteiger partial charge is 0.0898 e. The zero-order valence-electron chi connectivity index (χ0n) is 10.4. The Morgan fingerprint density at radius 3 is 2.71 bits per heavy atom. The Morgan fingerprint density at radius 1 is 1.35 bits per heavy atom. The molecule has 0 aliphatic heterocycles. The third-order valence-corrected chi connectivity index (χ3v) is 3.58. The number of nitrogen functional groups attached to an aromatic ring is 1. The maximum Gasteiger partial charge on any atom is 0.0898 e. The molecule has 0 saturated carbocycles. The van der Waals surface area contributed by atoms with Crippen LogP contribution in [-0.4, -0.2) is 12.0 Å². The Morgan fingerprint density at radius 2 is 2.12 bits per heavy atom. The molecule has 1 heterocycles. The number of nitrogens with two attached hydrogens (primary N) is 1. The van der Waals surface area contributed by atoms with E-state index in [0.29, 0.717) is 0 Å². The van der Waals surface area contributed by atoms with Crippen molar-refractivity contribution in [1.29, 1.82) is 0 Å². The van der Waals surface area contributed by atoms with E-state index in [2.05, 4.69) is 28.4 Å². The van der Waals surface area contributed by atoms with Crippen LogP contribution in [0.15, 0.2) is 23.6 Å². The van der Waals surface area contributed by atoms with E-state index in [-0.39, 0.29) is 0 Å². The summed E-state index contributed by atoms with van der Waals surface area (Å²) < 4.78 is 0. The number of nitrogens with zero attached hydrogens (tertiary/aromatic N) is 2. The molecule has 0 aliphatic rings.